The number of nitrogens with one attached hydrogen (secondary N) is 1. The van der Waals surface area contributed by atoms with Crippen molar-refractivity contribution in [2.24, 2.45) is 0 Å². The summed E-state index contributed by atoms with van der Waals surface area (Å²) in [4.78, 5) is 37.8. The summed E-state index contributed by atoms with van der Waals surface area (Å²) in [7, 11) is 0. The quantitative estimate of drug-likeness (QED) is 0.750. The van der Waals surface area contributed by atoms with Gasteiger partial charge in [0.25, 0.3) is 5.91 Å². The normalized spacial score (nSPS) is 13.1. The fourth-order valence-electron chi connectivity index (χ4n) is 3.05. The molecule has 0 atom stereocenters. The van der Waals surface area contributed by atoms with E-state index in [2.05, 4.69) is 5.32 Å². The topological polar surface area (TPSA) is 84.9 Å². The summed E-state index contributed by atoms with van der Waals surface area (Å²) in [6, 6.07) is 13.5. The molecular formula is C22H24N2O5. The molecule has 0 spiro atoms. The fraction of sp³-hybridized carbons (Fsp3) is 0.318. The molecule has 1 fully saturated rings. The van der Waals surface area contributed by atoms with Gasteiger partial charge in [-0.2, -0.15) is 0 Å². The van der Waals surface area contributed by atoms with Gasteiger partial charge >= 0.3 is 12.1 Å². The number of amides is 2. The predicted molar refractivity (Wildman–Crippen MR) is 108 cm³/mol. The van der Waals surface area contributed by atoms with Gasteiger partial charge in [-0.25, -0.2) is 9.59 Å². The highest BCUT2D eigenvalue weighted by molar-refractivity contribution is 5.94. The Labute approximate surface area is 169 Å². The number of carbonyl (C=O) groups excluding carboxylic acids is 3. The number of ether oxygens (including phenoxy) is 2. The smallest absolute Gasteiger partial charge is 0.411 e. The van der Waals surface area contributed by atoms with E-state index in [1.807, 2.05) is 4.90 Å². The molecule has 29 heavy (non-hydrogen) atoms. The van der Waals surface area contributed by atoms with Gasteiger partial charge in [-0.1, -0.05) is 12.1 Å². The summed E-state index contributed by atoms with van der Waals surface area (Å²) in [5, 5.41) is 2.56. The molecule has 0 aromatic heterocycles. The number of benzene rings is 2. The lowest BCUT2D eigenvalue weighted by Crippen LogP contribution is -2.27. The molecule has 0 bridgehead atoms. The van der Waals surface area contributed by atoms with Gasteiger partial charge in [0, 0.05) is 24.3 Å². The minimum atomic E-state index is -0.547. The Morgan fingerprint density at radius 3 is 2.14 bits per heavy atom. The van der Waals surface area contributed by atoms with Crippen LogP contribution in [0.2, 0.25) is 0 Å². The number of hydrogen-bond acceptors (Lipinski definition) is 5. The number of anilines is 1. The first kappa shape index (κ1) is 20.4. The van der Waals surface area contributed by atoms with Crippen LogP contribution in [0.3, 0.4) is 0 Å². The van der Waals surface area contributed by atoms with Crippen molar-refractivity contribution in [3.8, 4) is 0 Å². The van der Waals surface area contributed by atoms with Crippen LogP contribution in [0.15, 0.2) is 48.5 Å². The summed E-state index contributed by atoms with van der Waals surface area (Å²) >= 11 is 0. The first-order valence-electron chi connectivity index (χ1n) is 9.66. The molecule has 1 aliphatic rings. The van der Waals surface area contributed by atoms with Crippen molar-refractivity contribution in [2.45, 2.75) is 26.4 Å². The number of likely N-dealkylation sites (tertiary alicyclic amines) is 1. The second-order valence-corrected chi connectivity index (χ2v) is 6.70. The van der Waals surface area contributed by atoms with Crippen LogP contribution in [0.25, 0.3) is 0 Å². The van der Waals surface area contributed by atoms with Gasteiger partial charge in [-0.15, -0.1) is 0 Å². The van der Waals surface area contributed by atoms with Crippen LogP contribution >= 0.6 is 0 Å². The Morgan fingerprint density at radius 1 is 0.897 bits per heavy atom. The van der Waals surface area contributed by atoms with E-state index in [1.165, 1.54) is 0 Å². The van der Waals surface area contributed by atoms with Crippen molar-refractivity contribution < 1.29 is 23.9 Å². The van der Waals surface area contributed by atoms with Crippen molar-refractivity contribution in [2.75, 3.05) is 25.0 Å². The van der Waals surface area contributed by atoms with Gasteiger partial charge in [0.2, 0.25) is 0 Å². The maximum absolute atomic E-state index is 12.3. The lowest BCUT2D eigenvalue weighted by molar-refractivity contribution is 0.0472. The maximum Gasteiger partial charge on any atom is 0.411 e. The number of rotatable bonds is 6. The number of nitrogens with zero attached hydrogens (tertiary/aromatic N) is 1. The maximum atomic E-state index is 12.3. The van der Waals surface area contributed by atoms with Crippen molar-refractivity contribution in [3.05, 3.63) is 65.2 Å². The zero-order valence-corrected chi connectivity index (χ0v) is 16.3. The second kappa shape index (κ2) is 9.73. The summed E-state index contributed by atoms with van der Waals surface area (Å²) < 4.78 is 10.1. The highest BCUT2D eigenvalue weighted by Gasteiger charge is 2.19. The molecule has 0 radical (unpaired) electrons. The molecule has 2 aromatic carbocycles. The molecule has 7 heteroatoms. The summed E-state index contributed by atoms with van der Waals surface area (Å²) in [6.45, 7) is 3.74. The molecule has 2 amide bonds. The van der Waals surface area contributed by atoms with Crippen molar-refractivity contribution in [1.82, 2.24) is 4.90 Å². The molecule has 1 N–H and O–H groups in total. The Balaban J connectivity index is 1.51. The number of hydrogen-bond donors (Lipinski definition) is 1. The van der Waals surface area contributed by atoms with E-state index in [0.29, 0.717) is 16.8 Å². The standard InChI is InChI=1S/C22H24N2O5/c1-2-28-22(27)23-19-11-9-18(10-12-19)21(26)29-15-16-5-7-17(8-6-16)20(25)24-13-3-4-14-24/h5-12H,2-4,13-15H2,1H3,(H,23,27). The third-order valence-corrected chi connectivity index (χ3v) is 4.61. The lowest BCUT2D eigenvalue weighted by atomic mass is 10.1. The first-order chi connectivity index (χ1) is 14.1. The molecule has 1 aliphatic heterocycles. The zero-order valence-electron chi connectivity index (χ0n) is 16.3. The van der Waals surface area contributed by atoms with Gasteiger partial charge in [0.1, 0.15) is 6.61 Å². The summed E-state index contributed by atoms with van der Waals surface area (Å²) in [5.41, 5.74) is 2.35. The first-order valence-corrected chi connectivity index (χ1v) is 9.66. The van der Waals surface area contributed by atoms with Crippen LogP contribution in [0, 0.1) is 0 Å². The molecular weight excluding hydrogens is 372 g/mol. The zero-order chi connectivity index (χ0) is 20.6. The van der Waals surface area contributed by atoms with Crippen LogP contribution in [0.5, 0.6) is 0 Å². The molecule has 0 unspecified atom stereocenters. The van der Waals surface area contributed by atoms with Gasteiger partial charge in [-0.05, 0) is 61.7 Å². The highest BCUT2D eigenvalue weighted by atomic mass is 16.5. The van der Waals surface area contributed by atoms with Crippen LogP contribution in [-0.4, -0.2) is 42.6 Å². The van der Waals surface area contributed by atoms with E-state index in [4.69, 9.17) is 9.47 Å². The van der Waals surface area contributed by atoms with Crippen LogP contribution in [0.4, 0.5) is 10.5 Å². The minimum absolute atomic E-state index is 0.0440. The Morgan fingerprint density at radius 2 is 1.52 bits per heavy atom. The Kier molecular flexibility index (Phi) is 6.84. The predicted octanol–water partition coefficient (Wildman–Crippen LogP) is 3.85. The van der Waals surface area contributed by atoms with Gasteiger partial charge in [0.05, 0.1) is 12.2 Å². The molecule has 0 aliphatic carbocycles. The van der Waals surface area contributed by atoms with Gasteiger partial charge in [0.15, 0.2) is 0 Å². The van der Waals surface area contributed by atoms with E-state index in [1.54, 1.807) is 55.5 Å². The molecule has 1 heterocycles. The average Bonchev–Trinajstić information content (AvgIpc) is 3.27. The highest BCUT2D eigenvalue weighted by Crippen LogP contribution is 2.15. The van der Waals surface area contributed by atoms with Crippen LogP contribution in [-0.2, 0) is 16.1 Å². The van der Waals surface area contributed by atoms with E-state index in [9.17, 15) is 14.4 Å². The molecule has 1 saturated heterocycles. The third kappa shape index (κ3) is 5.57. The summed E-state index contributed by atoms with van der Waals surface area (Å²) in [6.07, 6.45) is 1.56. The summed E-state index contributed by atoms with van der Waals surface area (Å²) in [5.74, 6) is -0.424. The molecule has 152 valence electrons. The van der Waals surface area contributed by atoms with E-state index in [-0.39, 0.29) is 19.1 Å². The van der Waals surface area contributed by atoms with E-state index in [0.717, 1.165) is 31.5 Å². The van der Waals surface area contributed by atoms with Crippen LogP contribution < -0.4 is 5.32 Å². The minimum Gasteiger partial charge on any atom is -0.457 e. The Bertz CT molecular complexity index is 856. The van der Waals surface area contributed by atoms with Crippen LogP contribution in [0.1, 0.15) is 46.0 Å². The molecule has 3 rings (SSSR count). The largest absolute Gasteiger partial charge is 0.457 e. The van der Waals surface area contributed by atoms with E-state index < -0.39 is 12.1 Å². The second-order valence-electron chi connectivity index (χ2n) is 6.70. The molecule has 2 aromatic rings. The molecule has 7 nitrogen and oxygen atoms in total. The van der Waals surface area contributed by atoms with Crippen molar-refractivity contribution >= 4 is 23.7 Å². The van der Waals surface area contributed by atoms with Crippen molar-refractivity contribution in [3.63, 3.8) is 0 Å². The van der Waals surface area contributed by atoms with Gasteiger partial charge < -0.3 is 14.4 Å². The fourth-order valence-corrected chi connectivity index (χ4v) is 3.05. The monoisotopic (exact) mass is 396 g/mol. The SMILES string of the molecule is CCOC(=O)Nc1ccc(C(=O)OCc2ccc(C(=O)N3CCCC3)cc2)cc1. The lowest BCUT2D eigenvalue weighted by Gasteiger charge is -2.15. The van der Waals surface area contributed by atoms with Crippen molar-refractivity contribution in [1.29, 1.82) is 0 Å². The van der Waals surface area contributed by atoms with Gasteiger partial charge in [-0.3, -0.25) is 10.1 Å². The number of carbonyl (C=O) groups is 3. The Hall–Kier alpha value is -3.35. The average molecular weight is 396 g/mol. The van der Waals surface area contributed by atoms with E-state index >= 15 is 0 Å². The number of esters is 1. The third-order valence-electron chi connectivity index (χ3n) is 4.61. The molecule has 0 saturated carbocycles.